The molecule has 3 aromatic rings. The SMILES string of the molecule is Cc1ccc(S(=O)(=O)C2=CC3(C)C=CC2(C(Cc2ccccc2)Nc2ccccc2)O3)cc1. The van der Waals surface area contributed by atoms with E-state index in [1.165, 1.54) is 0 Å². The lowest BCUT2D eigenvalue weighted by molar-refractivity contribution is -0.0175. The van der Waals surface area contributed by atoms with Crippen molar-refractivity contribution in [2.24, 2.45) is 0 Å². The fourth-order valence-electron chi connectivity index (χ4n) is 4.69. The molecule has 2 aliphatic heterocycles. The second kappa shape index (κ2) is 8.01. The molecule has 0 radical (unpaired) electrons. The van der Waals surface area contributed by atoms with Crippen LogP contribution in [0, 0.1) is 6.92 Å². The first-order valence-electron chi connectivity index (χ1n) is 11.1. The van der Waals surface area contributed by atoms with Crippen LogP contribution in [0.4, 0.5) is 5.69 Å². The van der Waals surface area contributed by atoms with Crippen molar-refractivity contribution in [3.8, 4) is 0 Å². The van der Waals surface area contributed by atoms with Gasteiger partial charge in [-0.3, -0.25) is 0 Å². The third-order valence-electron chi connectivity index (χ3n) is 6.39. The van der Waals surface area contributed by atoms with Crippen molar-refractivity contribution >= 4 is 15.5 Å². The highest BCUT2D eigenvalue weighted by atomic mass is 32.2. The summed E-state index contributed by atoms with van der Waals surface area (Å²) < 4.78 is 34.3. The van der Waals surface area contributed by atoms with Crippen molar-refractivity contribution in [3.05, 3.63) is 119 Å². The molecule has 0 saturated heterocycles. The molecular weight excluding hydrogens is 430 g/mol. The van der Waals surface area contributed by atoms with Gasteiger partial charge in [-0.15, -0.1) is 0 Å². The van der Waals surface area contributed by atoms with Gasteiger partial charge in [0, 0.05) is 5.69 Å². The van der Waals surface area contributed by atoms with Crippen LogP contribution in [0.2, 0.25) is 0 Å². The monoisotopic (exact) mass is 457 g/mol. The van der Waals surface area contributed by atoms with E-state index in [9.17, 15) is 8.42 Å². The average molecular weight is 458 g/mol. The van der Waals surface area contributed by atoms with Crippen LogP contribution in [0.25, 0.3) is 0 Å². The number of anilines is 1. The average Bonchev–Trinajstić information content (AvgIpc) is 3.33. The number of sulfone groups is 1. The molecule has 33 heavy (non-hydrogen) atoms. The number of rotatable bonds is 7. The van der Waals surface area contributed by atoms with Gasteiger partial charge in [-0.25, -0.2) is 8.42 Å². The standard InChI is InChI=1S/C28H27NO3S/c1-21-13-15-24(16-14-21)33(30,31)26-20-27(2)17-18-28(26,32-27)25(19-22-9-5-3-6-10-22)29-23-11-7-4-8-12-23/h3-18,20,25,29H,19H2,1-2H3. The highest BCUT2D eigenvalue weighted by Crippen LogP contribution is 2.51. The highest BCUT2D eigenvalue weighted by Gasteiger charge is 2.58. The second-order valence-electron chi connectivity index (χ2n) is 8.99. The van der Waals surface area contributed by atoms with Gasteiger partial charge >= 0.3 is 0 Å². The molecule has 0 aliphatic carbocycles. The molecule has 2 aliphatic rings. The number of ether oxygens (including phenoxy) is 1. The molecule has 5 rings (SSSR count). The zero-order chi connectivity index (χ0) is 23.1. The van der Waals surface area contributed by atoms with Crippen molar-refractivity contribution in [1.82, 2.24) is 0 Å². The van der Waals surface area contributed by atoms with Crippen molar-refractivity contribution < 1.29 is 13.2 Å². The molecule has 0 amide bonds. The first-order chi connectivity index (χ1) is 15.8. The van der Waals surface area contributed by atoms with Crippen LogP contribution < -0.4 is 5.32 Å². The predicted octanol–water partition coefficient (Wildman–Crippen LogP) is 5.47. The van der Waals surface area contributed by atoms with Crippen LogP contribution in [0.5, 0.6) is 0 Å². The normalized spacial score (nSPS) is 24.5. The molecule has 5 heteroatoms. The van der Waals surface area contributed by atoms with Crippen molar-refractivity contribution in [2.45, 2.75) is 42.4 Å². The minimum atomic E-state index is -3.77. The van der Waals surface area contributed by atoms with Gasteiger partial charge in [0.15, 0.2) is 0 Å². The van der Waals surface area contributed by atoms with Gasteiger partial charge in [0.05, 0.1) is 15.8 Å². The van der Waals surface area contributed by atoms with E-state index in [0.29, 0.717) is 11.3 Å². The van der Waals surface area contributed by atoms with Crippen LogP contribution in [0.1, 0.15) is 18.1 Å². The zero-order valence-electron chi connectivity index (χ0n) is 18.7. The molecule has 3 aromatic carbocycles. The fourth-order valence-corrected chi connectivity index (χ4v) is 6.50. The van der Waals surface area contributed by atoms with Crippen molar-refractivity contribution in [2.75, 3.05) is 5.32 Å². The summed E-state index contributed by atoms with van der Waals surface area (Å²) in [6, 6.07) is 26.6. The van der Waals surface area contributed by atoms with Gasteiger partial charge < -0.3 is 10.1 Å². The van der Waals surface area contributed by atoms with E-state index in [2.05, 4.69) is 17.4 Å². The van der Waals surface area contributed by atoms with Gasteiger partial charge in [-0.2, -0.15) is 0 Å². The summed E-state index contributed by atoms with van der Waals surface area (Å²) in [5, 5.41) is 3.59. The van der Waals surface area contributed by atoms with E-state index in [0.717, 1.165) is 16.8 Å². The van der Waals surface area contributed by atoms with Crippen LogP contribution in [0.3, 0.4) is 0 Å². The molecule has 0 saturated carbocycles. The van der Waals surface area contributed by atoms with Gasteiger partial charge in [0.1, 0.15) is 11.2 Å². The van der Waals surface area contributed by atoms with Crippen molar-refractivity contribution in [1.29, 1.82) is 0 Å². The highest BCUT2D eigenvalue weighted by molar-refractivity contribution is 7.95. The maximum absolute atomic E-state index is 13.9. The van der Waals surface area contributed by atoms with E-state index < -0.39 is 21.0 Å². The topological polar surface area (TPSA) is 55.4 Å². The Morgan fingerprint density at radius 2 is 1.52 bits per heavy atom. The first kappa shape index (κ1) is 21.7. The van der Waals surface area contributed by atoms with Crippen LogP contribution in [-0.4, -0.2) is 25.7 Å². The molecule has 1 N–H and O–H groups in total. The Balaban J connectivity index is 1.61. The number of hydrogen-bond donors (Lipinski definition) is 1. The summed E-state index contributed by atoms with van der Waals surface area (Å²) in [7, 11) is -3.77. The quantitative estimate of drug-likeness (QED) is 0.478. The summed E-state index contributed by atoms with van der Waals surface area (Å²) in [6.07, 6.45) is 6.26. The Kier molecular flexibility index (Phi) is 5.26. The molecule has 2 bridgehead atoms. The van der Waals surface area contributed by atoms with Crippen molar-refractivity contribution in [3.63, 3.8) is 0 Å². The Morgan fingerprint density at radius 3 is 2.15 bits per heavy atom. The number of nitrogens with one attached hydrogen (secondary N) is 1. The minimum absolute atomic E-state index is 0.282. The van der Waals surface area contributed by atoms with Gasteiger partial charge in [0.25, 0.3) is 0 Å². The maximum atomic E-state index is 13.9. The van der Waals surface area contributed by atoms with Gasteiger partial charge in [-0.1, -0.05) is 66.2 Å². The Hall–Kier alpha value is -3.15. The number of aryl methyl sites for hydroxylation is 1. The van der Waals surface area contributed by atoms with E-state index in [1.54, 1.807) is 18.2 Å². The molecule has 2 heterocycles. The summed E-state index contributed by atoms with van der Waals surface area (Å²) >= 11 is 0. The second-order valence-corrected chi connectivity index (χ2v) is 10.9. The number of benzene rings is 3. The predicted molar refractivity (Wildman–Crippen MR) is 132 cm³/mol. The molecule has 0 aromatic heterocycles. The smallest absolute Gasteiger partial charge is 0.205 e. The molecule has 3 atom stereocenters. The molecular formula is C28H27NO3S. The third kappa shape index (κ3) is 3.92. The summed E-state index contributed by atoms with van der Waals surface area (Å²) in [5.41, 5.74) is 1.15. The summed E-state index contributed by atoms with van der Waals surface area (Å²) in [5.74, 6) is 0. The Bertz CT molecular complexity index is 1270. The maximum Gasteiger partial charge on any atom is 0.205 e. The molecule has 0 spiro atoms. The molecule has 4 nitrogen and oxygen atoms in total. The first-order valence-corrected chi connectivity index (χ1v) is 12.6. The van der Waals surface area contributed by atoms with E-state index in [-0.39, 0.29) is 10.9 Å². The fraction of sp³-hybridized carbons (Fsp3) is 0.214. The zero-order valence-corrected chi connectivity index (χ0v) is 19.5. The Morgan fingerprint density at radius 1 is 0.879 bits per heavy atom. The largest absolute Gasteiger partial charge is 0.378 e. The number of fused-ring (bicyclic) bond motifs is 2. The lowest BCUT2D eigenvalue weighted by Crippen LogP contribution is -2.49. The minimum Gasteiger partial charge on any atom is -0.378 e. The summed E-state index contributed by atoms with van der Waals surface area (Å²) in [4.78, 5) is 0.582. The van der Waals surface area contributed by atoms with E-state index in [1.807, 2.05) is 86.7 Å². The number of para-hydroxylation sites is 1. The van der Waals surface area contributed by atoms with Gasteiger partial charge in [0.2, 0.25) is 9.84 Å². The molecule has 168 valence electrons. The molecule has 0 fully saturated rings. The summed E-state index contributed by atoms with van der Waals surface area (Å²) in [6.45, 7) is 3.85. The van der Waals surface area contributed by atoms with E-state index >= 15 is 0 Å². The lowest BCUT2D eigenvalue weighted by atomic mass is 9.86. The van der Waals surface area contributed by atoms with Gasteiger partial charge in [-0.05, 0) is 68.3 Å². The Labute approximate surface area is 195 Å². The van der Waals surface area contributed by atoms with Crippen LogP contribution >= 0.6 is 0 Å². The van der Waals surface area contributed by atoms with E-state index in [4.69, 9.17) is 4.74 Å². The lowest BCUT2D eigenvalue weighted by Gasteiger charge is -2.37. The third-order valence-corrected chi connectivity index (χ3v) is 8.30. The molecule has 3 unspecified atom stereocenters. The van der Waals surface area contributed by atoms with Crippen LogP contribution in [0.15, 0.2) is 113 Å². The number of hydrogen-bond acceptors (Lipinski definition) is 4. The van der Waals surface area contributed by atoms with Crippen LogP contribution in [-0.2, 0) is 21.0 Å².